The summed E-state index contributed by atoms with van der Waals surface area (Å²) in [7, 11) is 0. The molecule has 0 aliphatic rings. The van der Waals surface area contributed by atoms with E-state index < -0.39 is 0 Å². The van der Waals surface area contributed by atoms with Crippen molar-refractivity contribution in [2.45, 2.75) is 6.92 Å². The van der Waals surface area contributed by atoms with Gasteiger partial charge in [-0.1, -0.05) is 40.3 Å². The number of anilines is 1. The Hall–Kier alpha value is -1.72. The van der Waals surface area contributed by atoms with E-state index in [1.165, 1.54) is 0 Å². The minimum Gasteiger partial charge on any atom is -0.389 e. The maximum atomic E-state index is 12.1. The summed E-state index contributed by atoms with van der Waals surface area (Å²) in [5.74, 6) is -0.166. The van der Waals surface area contributed by atoms with Gasteiger partial charge >= 0.3 is 0 Å². The molecule has 0 saturated carbocycles. The lowest BCUT2D eigenvalue weighted by molar-refractivity contribution is 0.102. The van der Waals surface area contributed by atoms with E-state index in [0.29, 0.717) is 10.6 Å². The summed E-state index contributed by atoms with van der Waals surface area (Å²) in [4.78, 5) is 12.4. The van der Waals surface area contributed by atoms with Gasteiger partial charge in [0.25, 0.3) is 5.91 Å². The fourth-order valence-electron chi connectivity index (χ4n) is 1.71. The summed E-state index contributed by atoms with van der Waals surface area (Å²) in [6, 6.07) is 12.5. The minimum absolute atomic E-state index is 0.166. The molecule has 1 amide bonds. The smallest absolute Gasteiger partial charge is 0.255 e. The molecule has 3 N–H and O–H groups in total. The Morgan fingerprint density at radius 2 is 1.75 bits per heavy atom. The SMILES string of the molecule is Cc1cc(NC(=O)c2ccc(C(N)=S)cc2)ccc1Br. The molecule has 5 heteroatoms. The van der Waals surface area contributed by atoms with E-state index in [9.17, 15) is 4.79 Å². The van der Waals surface area contributed by atoms with Crippen LogP contribution in [0.3, 0.4) is 0 Å². The van der Waals surface area contributed by atoms with Crippen LogP contribution in [0.4, 0.5) is 5.69 Å². The third-order valence-electron chi connectivity index (χ3n) is 2.85. The van der Waals surface area contributed by atoms with Gasteiger partial charge in [-0.3, -0.25) is 4.79 Å². The highest BCUT2D eigenvalue weighted by molar-refractivity contribution is 9.10. The minimum atomic E-state index is -0.166. The predicted molar refractivity (Wildman–Crippen MR) is 89.2 cm³/mol. The summed E-state index contributed by atoms with van der Waals surface area (Å²) in [5.41, 5.74) is 8.65. The third kappa shape index (κ3) is 3.43. The van der Waals surface area contributed by atoms with Crippen molar-refractivity contribution in [3.63, 3.8) is 0 Å². The molecule has 0 unspecified atom stereocenters. The van der Waals surface area contributed by atoms with Gasteiger partial charge in [-0.15, -0.1) is 0 Å². The van der Waals surface area contributed by atoms with Crippen LogP contribution in [0.1, 0.15) is 21.5 Å². The monoisotopic (exact) mass is 348 g/mol. The normalized spacial score (nSPS) is 10.1. The second-order valence-electron chi connectivity index (χ2n) is 4.36. The van der Waals surface area contributed by atoms with Crippen LogP contribution < -0.4 is 11.1 Å². The van der Waals surface area contributed by atoms with Gasteiger partial charge in [-0.05, 0) is 42.8 Å². The van der Waals surface area contributed by atoms with Crippen LogP contribution in [0.25, 0.3) is 0 Å². The molecular weight excluding hydrogens is 336 g/mol. The third-order valence-corrected chi connectivity index (χ3v) is 3.97. The lowest BCUT2D eigenvalue weighted by Crippen LogP contribution is -2.13. The maximum Gasteiger partial charge on any atom is 0.255 e. The fraction of sp³-hybridized carbons (Fsp3) is 0.0667. The fourth-order valence-corrected chi connectivity index (χ4v) is 2.09. The van der Waals surface area contributed by atoms with Crippen LogP contribution >= 0.6 is 28.1 Å². The molecule has 0 aliphatic heterocycles. The van der Waals surface area contributed by atoms with E-state index in [2.05, 4.69) is 21.2 Å². The van der Waals surface area contributed by atoms with Crippen LogP contribution in [0.5, 0.6) is 0 Å². The molecule has 2 aromatic rings. The summed E-state index contributed by atoms with van der Waals surface area (Å²) in [5, 5.41) is 2.85. The van der Waals surface area contributed by atoms with Crippen molar-refractivity contribution in [1.29, 1.82) is 0 Å². The van der Waals surface area contributed by atoms with Crippen molar-refractivity contribution in [2.75, 3.05) is 5.32 Å². The molecule has 0 fully saturated rings. The molecule has 0 radical (unpaired) electrons. The van der Waals surface area contributed by atoms with Crippen molar-refractivity contribution < 1.29 is 4.79 Å². The number of nitrogens with one attached hydrogen (secondary N) is 1. The number of carbonyl (C=O) groups excluding carboxylic acids is 1. The highest BCUT2D eigenvalue weighted by atomic mass is 79.9. The van der Waals surface area contributed by atoms with Crippen molar-refractivity contribution in [1.82, 2.24) is 0 Å². The highest BCUT2D eigenvalue weighted by Gasteiger charge is 2.07. The topological polar surface area (TPSA) is 55.1 Å². The van der Waals surface area contributed by atoms with Crippen molar-refractivity contribution in [2.24, 2.45) is 5.73 Å². The second-order valence-corrected chi connectivity index (χ2v) is 5.65. The van der Waals surface area contributed by atoms with E-state index in [1.807, 2.05) is 25.1 Å². The number of amides is 1. The van der Waals surface area contributed by atoms with Gasteiger partial charge in [0.15, 0.2) is 0 Å². The number of nitrogens with two attached hydrogens (primary N) is 1. The number of aryl methyl sites for hydroxylation is 1. The molecule has 0 saturated heterocycles. The largest absolute Gasteiger partial charge is 0.389 e. The number of halogens is 1. The van der Waals surface area contributed by atoms with Gasteiger partial charge in [0.2, 0.25) is 0 Å². The average molecular weight is 349 g/mol. The first-order valence-electron chi connectivity index (χ1n) is 5.95. The van der Waals surface area contributed by atoms with Crippen molar-refractivity contribution >= 4 is 44.7 Å². The predicted octanol–water partition coefficient (Wildman–Crippen LogP) is 3.64. The summed E-state index contributed by atoms with van der Waals surface area (Å²) < 4.78 is 1.01. The van der Waals surface area contributed by atoms with E-state index in [-0.39, 0.29) is 5.91 Å². The molecule has 20 heavy (non-hydrogen) atoms. The second kappa shape index (κ2) is 6.15. The summed E-state index contributed by atoms with van der Waals surface area (Å²) in [6.45, 7) is 1.97. The molecule has 0 spiro atoms. The Kier molecular flexibility index (Phi) is 4.52. The zero-order valence-corrected chi connectivity index (χ0v) is 13.2. The van der Waals surface area contributed by atoms with Crippen LogP contribution in [0.15, 0.2) is 46.9 Å². The zero-order valence-electron chi connectivity index (χ0n) is 10.8. The van der Waals surface area contributed by atoms with E-state index >= 15 is 0 Å². The Morgan fingerprint density at radius 1 is 1.15 bits per heavy atom. The number of carbonyl (C=O) groups is 1. The number of hydrogen-bond donors (Lipinski definition) is 2. The Bertz CT molecular complexity index is 668. The number of benzene rings is 2. The number of rotatable bonds is 3. The highest BCUT2D eigenvalue weighted by Crippen LogP contribution is 2.20. The lowest BCUT2D eigenvalue weighted by atomic mass is 10.1. The molecule has 2 aromatic carbocycles. The molecule has 0 aliphatic carbocycles. The lowest BCUT2D eigenvalue weighted by Gasteiger charge is -2.07. The zero-order chi connectivity index (χ0) is 14.7. The first-order chi connectivity index (χ1) is 9.47. The van der Waals surface area contributed by atoms with Crippen molar-refractivity contribution in [3.8, 4) is 0 Å². The van der Waals surface area contributed by atoms with Gasteiger partial charge in [0, 0.05) is 21.3 Å². The molecule has 0 aromatic heterocycles. The van der Waals surface area contributed by atoms with Crippen LogP contribution in [0.2, 0.25) is 0 Å². The van der Waals surface area contributed by atoms with Crippen molar-refractivity contribution in [3.05, 3.63) is 63.6 Å². The first kappa shape index (κ1) is 14.7. The standard InChI is InChI=1S/C15H13BrN2OS/c1-9-8-12(6-7-13(9)16)18-15(19)11-4-2-10(3-5-11)14(17)20/h2-8H,1H3,(H2,17,20)(H,18,19). The Morgan fingerprint density at radius 3 is 2.30 bits per heavy atom. The Balaban J connectivity index is 2.15. The summed E-state index contributed by atoms with van der Waals surface area (Å²) >= 11 is 8.30. The maximum absolute atomic E-state index is 12.1. The van der Waals surface area contributed by atoms with Gasteiger partial charge in [-0.2, -0.15) is 0 Å². The first-order valence-corrected chi connectivity index (χ1v) is 7.15. The van der Waals surface area contributed by atoms with Crippen LogP contribution in [-0.4, -0.2) is 10.9 Å². The van der Waals surface area contributed by atoms with Crippen LogP contribution in [0, 0.1) is 6.92 Å². The number of thiocarbonyl (C=S) groups is 1. The van der Waals surface area contributed by atoms with Gasteiger partial charge in [0.1, 0.15) is 4.99 Å². The van der Waals surface area contributed by atoms with E-state index in [4.69, 9.17) is 18.0 Å². The van der Waals surface area contributed by atoms with Crippen LogP contribution in [-0.2, 0) is 0 Å². The molecule has 0 bridgehead atoms. The Labute approximate surface area is 131 Å². The van der Waals surface area contributed by atoms with E-state index in [0.717, 1.165) is 21.3 Å². The quantitative estimate of drug-likeness (QED) is 0.832. The molecular formula is C15H13BrN2OS. The summed E-state index contributed by atoms with van der Waals surface area (Å²) in [6.07, 6.45) is 0. The molecule has 2 rings (SSSR count). The van der Waals surface area contributed by atoms with Gasteiger partial charge in [-0.25, -0.2) is 0 Å². The molecule has 3 nitrogen and oxygen atoms in total. The molecule has 102 valence electrons. The van der Waals surface area contributed by atoms with Gasteiger partial charge < -0.3 is 11.1 Å². The number of hydrogen-bond acceptors (Lipinski definition) is 2. The average Bonchev–Trinajstić information content (AvgIpc) is 2.43. The van der Waals surface area contributed by atoms with Gasteiger partial charge in [0.05, 0.1) is 0 Å². The molecule has 0 atom stereocenters. The molecule has 0 heterocycles. The van der Waals surface area contributed by atoms with E-state index in [1.54, 1.807) is 24.3 Å².